The number of carbonyl (C=O) groups is 1. The molecule has 0 atom stereocenters. The van der Waals surface area contributed by atoms with Crippen molar-refractivity contribution in [1.29, 1.82) is 0 Å². The van der Waals surface area contributed by atoms with Crippen LogP contribution in [0.15, 0.2) is 48.5 Å². The number of nitrogens with one attached hydrogen (secondary N) is 4. The molecule has 0 aliphatic carbocycles. The molecular formula is C21H23ClN6O. The van der Waals surface area contributed by atoms with Crippen molar-refractivity contribution in [3.8, 4) is 0 Å². The maximum Gasteiger partial charge on any atom is 0.323 e. The van der Waals surface area contributed by atoms with Gasteiger partial charge in [-0.3, -0.25) is 0 Å². The highest BCUT2D eigenvalue weighted by atomic mass is 35.5. The molecule has 8 heteroatoms. The van der Waals surface area contributed by atoms with Crippen LogP contribution in [0.5, 0.6) is 0 Å². The quantitative estimate of drug-likeness (QED) is 0.426. The molecule has 7 nitrogen and oxygen atoms in total. The lowest BCUT2D eigenvalue weighted by Gasteiger charge is -2.11. The molecule has 0 saturated heterocycles. The zero-order valence-electron chi connectivity index (χ0n) is 16.5. The molecule has 0 aliphatic rings. The van der Waals surface area contributed by atoms with Gasteiger partial charge in [0.15, 0.2) is 0 Å². The van der Waals surface area contributed by atoms with Crippen molar-refractivity contribution in [3.63, 3.8) is 0 Å². The second kappa shape index (κ2) is 9.25. The molecule has 2 aromatic carbocycles. The van der Waals surface area contributed by atoms with E-state index in [1.165, 1.54) is 0 Å². The number of urea groups is 1. The number of hydrogen-bond donors (Lipinski definition) is 4. The molecule has 3 aromatic rings. The number of hydrogen-bond acceptors (Lipinski definition) is 5. The van der Waals surface area contributed by atoms with Crippen LogP contribution >= 0.6 is 11.6 Å². The molecule has 1 heterocycles. The Morgan fingerprint density at radius 1 is 0.931 bits per heavy atom. The summed E-state index contributed by atoms with van der Waals surface area (Å²) in [5.41, 5.74) is 3.09. The number of carbonyl (C=O) groups excluding carboxylic acids is 1. The van der Waals surface area contributed by atoms with E-state index in [9.17, 15) is 4.79 Å². The van der Waals surface area contributed by atoms with E-state index in [4.69, 9.17) is 11.6 Å². The number of benzene rings is 2. The fourth-order valence-electron chi connectivity index (χ4n) is 2.69. The summed E-state index contributed by atoms with van der Waals surface area (Å²) >= 11 is 6.15. The highest BCUT2D eigenvalue weighted by Gasteiger charge is 2.07. The Kier molecular flexibility index (Phi) is 6.51. The van der Waals surface area contributed by atoms with E-state index in [-0.39, 0.29) is 6.03 Å². The van der Waals surface area contributed by atoms with E-state index < -0.39 is 0 Å². The van der Waals surface area contributed by atoms with E-state index in [0.29, 0.717) is 28.0 Å². The molecule has 0 bridgehead atoms. The summed E-state index contributed by atoms with van der Waals surface area (Å²) in [6.07, 6.45) is 0. The number of aryl methyl sites for hydroxylation is 2. The van der Waals surface area contributed by atoms with E-state index >= 15 is 0 Å². The molecule has 4 N–H and O–H groups in total. The van der Waals surface area contributed by atoms with Crippen LogP contribution in [0, 0.1) is 13.8 Å². The average molecular weight is 411 g/mol. The first kappa shape index (κ1) is 20.4. The van der Waals surface area contributed by atoms with Crippen LogP contribution < -0.4 is 21.3 Å². The highest BCUT2D eigenvalue weighted by Crippen LogP contribution is 2.23. The molecule has 150 valence electrons. The Bertz CT molecular complexity index is 1010. The van der Waals surface area contributed by atoms with Gasteiger partial charge < -0.3 is 21.3 Å². The van der Waals surface area contributed by atoms with Crippen LogP contribution in [0.3, 0.4) is 0 Å². The lowest BCUT2D eigenvalue weighted by Crippen LogP contribution is -2.19. The second-order valence-corrected chi connectivity index (χ2v) is 6.89. The van der Waals surface area contributed by atoms with Gasteiger partial charge in [0.25, 0.3) is 0 Å². The normalized spacial score (nSPS) is 10.3. The largest absolute Gasteiger partial charge is 0.370 e. The van der Waals surface area contributed by atoms with Crippen molar-refractivity contribution in [1.82, 2.24) is 9.97 Å². The van der Waals surface area contributed by atoms with Gasteiger partial charge in [-0.1, -0.05) is 17.7 Å². The molecule has 0 radical (unpaired) electrons. The lowest BCUT2D eigenvalue weighted by molar-refractivity contribution is 0.262. The third-order valence-corrected chi connectivity index (χ3v) is 4.30. The van der Waals surface area contributed by atoms with Crippen molar-refractivity contribution in [2.75, 3.05) is 27.8 Å². The first-order valence-electron chi connectivity index (χ1n) is 9.23. The average Bonchev–Trinajstić information content (AvgIpc) is 2.65. The lowest BCUT2D eigenvalue weighted by atomic mass is 10.2. The zero-order chi connectivity index (χ0) is 20.8. The van der Waals surface area contributed by atoms with Crippen molar-refractivity contribution < 1.29 is 4.79 Å². The minimum Gasteiger partial charge on any atom is -0.370 e. The van der Waals surface area contributed by atoms with Gasteiger partial charge in [-0.05, 0) is 62.7 Å². The fourth-order valence-corrected chi connectivity index (χ4v) is 2.98. The molecule has 2 amide bonds. The summed E-state index contributed by atoms with van der Waals surface area (Å²) in [6.45, 7) is 6.58. The van der Waals surface area contributed by atoms with E-state index in [0.717, 1.165) is 23.6 Å². The highest BCUT2D eigenvalue weighted by molar-refractivity contribution is 6.33. The van der Waals surface area contributed by atoms with Crippen LogP contribution in [0.25, 0.3) is 0 Å². The van der Waals surface area contributed by atoms with Crippen LogP contribution in [-0.2, 0) is 0 Å². The molecule has 0 saturated carbocycles. The predicted molar refractivity (Wildman–Crippen MR) is 119 cm³/mol. The summed E-state index contributed by atoms with van der Waals surface area (Å²) < 4.78 is 0. The fraction of sp³-hybridized carbons (Fsp3) is 0.190. The summed E-state index contributed by atoms with van der Waals surface area (Å²) in [5, 5.41) is 12.4. The van der Waals surface area contributed by atoms with Gasteiger partial charge in [0.1, 0.15) is 17.5 Å². The van der Waals surface area contributed by atoms with Crippen LogP contribution in [0.4, 0.5) is 33.5 Å². The van der Waals surface area contributed by atoms with Gasteiger partial charge in [0, 0.05) is 24.0 Å². The van der Waals surface area contributed by atoms with Gasteiger partial charge in [0.2, 0.25) is 0 Å². The van der Waals surface area contributed by atoms with E-state index in [2.05, 4.69) is 31.2 Å². The minimum atomic E-state index is -0.363. The number of amides is 2. The van der Waals surface area contributed by atoms with Crippen LogP contribution in [-0.4, -0.2) is 22.5 Å². The van der Waals surface area contributed by atoms with Gasteiger partial charge in [-0.15, -0.1) is 0 Å². The first-order chi connectivity index (χ1) is 13.9. The molecule has 3 rings (SSSR count). The second-order valence-electron chi connectivity index (χ2n) is 6.48. The minimum absolute atomic E-state index is 0.363. The zero-order valence-corrected chi connectivity index (χ0v) is 17.3. The van der Waals surface area contributed by atoms with Crippen molar-refractivity contribution in [2.24, 2.45) is 0 Å². The molecule has 0 fully saturated rings. The predicted octanol–water partition coefficient (Wildman–Crippen LogP) is 5.57. The Hall–Kier alpha value is -3.32. The third kappa shape index (κ3) is 5.83. The van der Waals surface area contributed by atoms with Crippen molar-refractivity contribution in [2.45, 2.75) is 20.8 Å². The molecular weight excluding hydrogens is 388 g/mol. The van der Waals surface area contributed by atoms with Crippen LogP contribution in [0.1, 0.15) is 18.3 Å². The Morgan fingerprint density at radius 3 is 2.31 bits per heavy atom. The van der Waals surface area contributed by atoms with Crippen molar-refractivity contribution in [3.05, 3.63) is 64.9 Å². The number of rotatable bonds is 6. The van der Waals surface area contributed by atoms with Gasteiger partial charge in [-0.2, -0.15) is 0 Å². The first-order valence-corrected chi connectivity index (χ1v) is 9.61. The molecule has 0 unspecified atom stereocenters. The summed E-state index contributed by atoms with van der Waals surface area (Å²) in [5.74, 6) is 2.14. The smallest absolute Gasteiger partial charge is 0.323 e. The van der Waals surface area contributed by atoms with Crippen molar-refractivity contribution >= 4 is 46.3 Å². The maximum atomic E-state index is 12.2. The van der Waals surface area contributed by atoms with Gasteiger partial charge in [-0.25, -0.2) is 14.8 Å². The number of aromatic nitrogens is 2. The Labute approximate surface area is 174 Å². The topological polar surface area (TPSA) is 91.0 Å². The van der Waals surface area contributed by atoms with Gasteiger partial charge in [0.05, 0.1) is 10.7 Å². The standard InChI is InChI=1S/C21H23ClN6O/c1-4-23-19-12-20(25-14(3)24-19)26-15-6-8-16(9-7-15)27-21(29)28-18-10-5-13(2)11-17(18)22/h5-12H,4H2,1-3H3,(H2,27,28,29)(H2,23,24,25,26). The summed E-state index contributed by atoms with van der Waals surface area (Å²) in [6, 6.07) is 14.3. The number of halogens is 1. The molecule has 1 aromatic heterocycles. The monoisotopic (exact) mass is 410 g/mol. The Balaban J connectivity index is 1.62. The third-order valence-electron chi connectivity index (χ3n) is 3.98. The van der Waals surface area contributed by atoms with Gasteiger partial charge >= 0.3 is 6.03 Å². The molecule has 29 heavy (non-hydrogen) atoms. The SMILES string of the molecule is CCNc1cc(Nc2ccc(NC(=O)Nc3ccc(C)cc3Cl)cc2)nc(C)n1. The summed E-state index contributed by atoms with van der Waals surface area (Å²) in [4.78, 5) is 20.9. The van der Waals surface area contributed by atoms with Crippen LogP contribution in [0.2, 0.25) is 5.02 Å². The van der Waals surface area contributed by atoms with E-state index in [1.54, 1.807) is 24.3 Å². The number of anilines is 5. The molecule has 0 spiro atoms. The molecule has 0 aliphatic heterocycles. The van der Waals surface area contributed by atoms with E-state index in [1.807, 2.05) is 45.0 Å². The number of nitrogens with zero attached hydrogens (tertiary/aromatic N) is 2. The Morgan fingerprint density at radius 2 is 1.62 bits per heavy atom. The maximum absolute atomic E-state index is 12.2. The summed E-state index contributed by atoms with van der Waals surface area (Å²) in [7, 11) is 0.